The summed E-state index contributed by atoms with van der Waals surface area (Å²) in [6, 6.07) is 8.98. The van der Waals surface area contributed by atoms with Crippen molar-refractivity contribution in [3.05, 3.63) is 34.9 Å². The Kier molecular flexibility index (Phi) is 2.75. The Hall–Kier alpha value is -1.33. The Morgan fingerprint density at radius 1 is 1.40 bits per heavy atom. The van der Waals surface area contributed by atoms with Crippen molar-refractivity contribution in [2.45, 2.75) is 18.8 Å². The van der Waals surface area contributed by atoms with E-state index in [9.17, 15) is 4.79 Å². The highest BCUT2D eigenvalue weighted by atomic mass is 35.5. The highest BCUT2D eigenvalue weighted by Gasteiger charge is 2.35. The second kappa shape index (κ2) is 4.04. The molecule has 2 nitrogen and oxygen atoms in total. The van der Waals surface area contributed by atoms with Crippen molar-refractivity contribution in [1.82, 2.24) is 0 Å². The molecule has 0 heterocycles. The van der Waals surface area contributed by atoms with Crippen LogP contribution in [-0.2, 0) is 4.79 Å². The predicted octanol–water partition coefficient (Wildman–Crippen LogP) is 2.93. The number of nitrogens with zero attached hydrogens (tertiary/aromatic N) is 1. The van der Waals surface area contributed by atoms with Crippen molar-refractivity contribution in [3.8, 4) is 6.07 Å². The van der Waals surface area contributed by atoms with Gasteiger partial charge in [-0.05, 0) is 30.5 Å². The zero-order valence-electron chi connectivity index (χ0n) is 8.11. The van der Waals surface area contributed by atoms with Crippen LogP contribution in [0.2, 0.25) is 5.02 Å². The van der Waals surface area contributed by atoms with Crippen LogP contribution < -0.4 is 0 Å². The molecular weight excluding hydrogens is 210 g/mol. The Bertz CT molecular complexity index is 414. The molecule has 1 fully saturated rings. The minimum atomic E-state index is -0.616. The molecule has 1 saturated carbocycles. The lowest BCUT2D eigenvalue weighted by Crippen LogP contribution is -2.12. The molecule has 1 aromatic carbocycles. The minimum absolute atomic E-state index is 0.0554. The molecule has 2 rings (SSSR count). The number of carbonyl (C=O) groups is 1. The first-order valence-corrected chi connectivity index (χ1v) is 5.29. The summed E-state index contributed by atoms with van der Waals surface area (Å²) in [5, 5.41) is 9.61. The van der Waals surface area contributed by atoms with Crippen LogP contribution in [0.5, 0.6) is 0 Å². The van der Waals surface area contributed by atoms with E-state index in [2.05, 4.69) is 6.07 Å². The van der Waals surface area contributed by atoms with E-state index in [1.165, 1.54) is 0 Å². The van der Waals surface area contributed by atoms with Gasteiger partial charge in [-0.2, -0.15) is 5.26 Å². The second-order valence-electron chi connectivity index (χ2n) is 3.79. The monoisotopic (exact) mass is 219 g/mol. The van der Waals surface area contributed by atoms with Crippen molar-refractivity contribution in [1.29, 1.82) is 5.26 Å². The van der Waals surface area contributed by atoms with Gasteiger partial charge in [-0.25, -0.2) is 0 Å². The third-order valence-electron chi connectivity index (χ3n) is 2.60. The maximum absolute atomic E-state index is 11.8. The summed E-state index contributed by atoms with van der Waals surface area (Å²) in [5.41, 5.74) is 0.749. The molecule has 0 spiro atoms. The van der Waals surface area contributed by atoms with E-state index in [-0.39, 0.29) is 11.7 Å². The summed E-state index contributed by atoms with van der Waals surface area (Å²) in [7, 11) is 0. The van der Waals surface area contributed by atoms with Crippen LogP contribution in [-0.4, -0.2) is 5.78 Å². The number of ketones is 1. The van der Waals surface area contributed by atoms with E-state index >= 15 is 0 Å². The van der Waals surface area contributed by atoms with Crippen LogP contribution in [0.1, 0.15) is 24.3 Å². The van der Waals surface area contributed by atoms with Crippen molar-refractivity contribution >= 4 is 17.4 Å². The molecule has 0 radical (unpaired) electrons. The molecular formula is C12H10ClNO. The number of rotatable bonds is 3. The van der Waals surface area contributed by atoms with Gasteiger partial charge in [-0.1, -0.05) is 23.7 Å². The lowest BCUT2D eigenvalue weighted by Gasteiger charge is -2.07. The van der Waals surface area contributed by atoms with Crippen molar-refractivity contribution in [2.24, 2.45) is 5.92 Å². The van der Waals surface area contributed by atoms with E-state index in [1.54, 1.807) is 24.3 Å². The molecule has 0 N–H and O–H groups in total. The lowest BCUT2D eigenvalue weighted by molar-refractivity contribution is -0.120. The van der Waals surface area contributed by atoms with E-state index in [0.717, 1.165) is 18.4 Å². The Morgan fingerprint density at radius 2 is 2.00 bits per heavy atom. The lowest BCUT2D eigenvalue weighted by atomic mass is 9.94. The average Bonchev–Trinajstić information content (AvgIpc) is 3.05. The molecule has 1 aliphatic carbocycles. The molecule has 3 heteroatoms. The first kappa shape index (κ1) is 10.2. The first-order valence-electron chi connectivity index (χ1n) is 4.91. The summed E-state index contributed by atoms with van der Waals surface area (Å²) in [6.45, 7) is 0. The van der Waals surface area contributed by atoms with Gasteiger partial charge >= 0.3 is 0 Å². The van der Waals surface area contributed by atoms with Gasteiger partial charge in [0, 0.05) is 10.9 Å². The third-order valence-corrected chi connectivity index (χ3v) is 2.85. The SMILES string of the molecule is N#C[C@H](C(=O)C1CC1)c1ccc(Cl)cc1. The van der Waals surface area contributed by atoms with Crippen LogP contribution in [0.3, 0.4) is 0 Å². The number of Topliss-reactive ketones (excluding diaryl/α,β-unsaturated/α-hetero) is 1. The maximum Gasteiger partial charge on any atom is 0.157 e. The fraction of sp³-hybridized carbons (Fsp3) is 0.333. The Morgan fingerprint density at radius 3 is 2.47 bits per heavy atom. The second-order valence-corrected chi connectivity index (χ2v) is 4.23. The standard InChI is InChI=1S/C12H10ClNO/c13-10-5-3-8(4-6-10)11(7-14)12(15)9-1-2-9/h3-6,9,11H,1-2H2/t11-/m0/s1. The molecule has 0 saturated heterocycles. The van der Waals surface area contributed by atoms with Crippen molar-refractivity contribution in [2.75, 3.05) is 0 Å². The first-order chi connectivity index (χ1) is 7.22. The molecule has 0 aromatic heterocycles. The van der Waals surface area contributed by atoms with Crippen LogP contribution in [0.25, 0.3) is 0 Å². The number of hydrogen-bond acceptors (Lipinski definition) is 2. The largest absolute Gasteiger partial charge is 0.298 e. The topological polar surface area (TPSA) is 40.9 Å². The van der Waals surface area contributed by atoms with Gasteiger partial charge in [0.2, 0.25) is 0 Å². The van der Waals surface area contributed by atoms with E-state index in [4.69, 9.17) is 16.9 Å². The minimum Gasteiger partial charge on any atom is -0.298 e. The van der Waals surface area contributed by atoms with Crippen LogP contribution in [0.4, 0.5) is 0 Å². The van der Waals surface area contributed by atoms with E-state index < -0.39 is 5.92 Å². The fourth-order valence-corrected chi connectivity index (χ4v) is 1.69. The molecule has 1 aliphatic rings. The molecule has 0 unspecified atom stereocenters. The average molecular weight is 220 g/mol. The van der Waals surface area contributed by atoms with E-state index in [0.29, 0.717) is 5.02 Å². The Balaban J connectivity index is 2.23. The summed E-state index contributed by atoms with van der Waals surface area (Å²) >= 11 is 5.75. The zero-order valence-corrected chi connectivity index (χ0v) is 8.87. The predicted molar refractivity (Wildman–Crippen MR) is 57.5 cm³/mol. The van der Waals surface area contributed by atoms with Crippen LogP contribution >= 0.6 is 11.6 Å². The van der Waals surface area contributed by atoms with Crippen LogP contribution in [0.15, 0.2) is 24.3 Å². The molecule has 0 bridgehead atoms. The quantitative estimate of drug-likeness (QED) is 0.784. The van der Waals surface area contributed by atoms with Gasteiger partial charge in [0.1, 0.15) is 5.92 Å². The van der Waals surface area contributed by atoms with Crippen LogP contribution in [0, 0.1) is 17.2 Å². The molecule has 76 valence electrons. The van der Waals surface area contributed by atoms with Gasteiger partial charge in [-0.3, -0.25) is 4.79 Å². The zero-order chi connectivity index (χ0) is 10.8. The molecule has 1 atom stereocenters. The number of nitriles is 1. The molecule has 0 aliphatic heterocycles. The van der Waals surface area contributed by atoms with Gasteiger partial charge in [0.05, 0.1) is 6.07 Å². The summed E-state index contributed by atoms with van der Waals surface area (Å²) in [6.07, 6.45) is 1.87. The normalized spacial score (nSPS) is 16.8. The van der Waals surface area contributed by atoms with Gasteiger partial charge in [0.15, 0.2) is 5.78 Å². The molecule has 15 heavy (non-hydrogen) atoms. The number of benzene rings is 1. The highest BCUT2D eigenvalue weighted by Crippen LogP contribution is 2.35. The smallest absolute Gasteiger partial charge is 0.157 e. The molecule has 0 amide bonds. The summed E-state index contributed by atoms with van der Waals surface area (Å²) in [4.78, 5) is 11.8. The maximum atomic E-state index is 11.8. The number of halogens is 1. The van der Waals surface area contributed by atoms with Crippen molar-refractivity contribution in [3.63, 3.8) is 0 Å². The number of hydrogen-bond donors (Lipinski definition) is 0. The van der Waals surface area contributed by atoms with E-state index in [1.807, 2.05) is 0 Å². The fourth-order valence-electron chi connectivity index (χ4n) is 1.56. The van der Waals surface area contributed by atoms with Gasteiger partial charge < -0.3 is 0 Å². The van der Waals surface area contributed by atoms with Gasteiger partial charge in [0.25, 0.3) is 0 Å². The third kappa shape index (κ3) is 2.19. The summed E-state index contributed by atoms with van der Waals surface area (Å²) < 4.78 is 0. The summed E-state index contributed by atoms with van der Waals surface area (Å²) in [5.74, 6) is -0.445. The highest BCUT2D eigenvalue weighted by molar-refractivity contribution is 6.30. The van der Waals surface area contributed by atoms with Gasteiger partial charge in [-0.15, -0.1) is 0 Å². The van der Waals surface area contributed by atoms with Crippen molar-refractivity contribution < 1.29 is 4.79 Å². The molecule has 1 aromatic rings. The number of carbonyl (C=O) groups excluding carboxylic acids is 1. The Labute approximate surface area is 93.5 Å².